The van der Waals surface area contributed by atoms with E-state index < -0.39 is 0 Å². The lowest BCUT2D eigenvalue weighted by molar-refractivity contribution is -0.127. The molecule has 6 heteroatoms. The number of aromatic nitrogens is 1. The Kier molecular flexibility index (Phi) is 6.50. The maximum Gasteiger partial charge on any atom is 0.265 e. The Hall–Kier alpha value is -2.21. The molecule has 2 heterocycles. The first-order valence-electron chi connectivity index (χ1n) is 9.99. The van der Waals surface area contributed by atoms with Crippen molar-refractivity contribution in [1.29, 1.82) is 0 Å². The number of nitrogens with one attached hydrogen (secondary N) is 1. The third kappa shape index (κ3) is 4.61. The van der Waals surface area contributed by atoms with Crippen molar-refractivity contribution >= 4 is 23.2 Å². The van der Waals surface area contributed by atoms with E-state index in [1.165, 1.54) is 11.3 Å². The highest BCUT2D eigenvalue weighted by Crippen LogP contribution is 2.31. The summed E-state index contributed by atoms with van der Waals surface area (Å²) in [6.45, 7) is 9.25. The number of carbonyl (C=O) groups is 2. The van der Waals surface area contributed by atoms with Gasteiger partial charge in [0, 0.05) is 30.6 Å². The summed E-state index contributed by atoms with van der Waals surface area (Å²) in [5.41, 5.74) is 1.83. The number of thiazole rings is 1. The number of benzene rings is 1. The molecule has 1 aromatic heterocycles. The van der Waals surface area contributed by atoms with E-state index in [0.29, 0.717) is 19.0 Å². The molecule has 5 nitrogen and oxygen atoms in total. The fourth-order valence-electron chi connectivity index (χ4n) is 3.68. The number of piperidine rings is 1. The quantitative estimate of drug-likeness (QED) is 0.822. The van der Waals surface area contributed by atoms with Crippen LogP contribution < -0.4 is 5.32 Å². The lowest BCUT2D eigenvalue weighted by Gasteiger charge is -2.34. The second kappa shape index (κ2) is 8.86. The van der Waals surface area contributed by atoms with Gasteiger partial charge in [-0.15, -0.1) is 11.3 Å². The van der Waals surface area contributed by atoms with Gasteiger partial charge < -0.3 is 10.2 Å². The van der Waals surface area contributed by atoms with Crippen LogP contribution in [0.25, 0.3) is 10.6 Å². The van der Waals surface area contributed by atoms with Crippen molar-refractivity contribution in [3.05, 3.63) is 40.9 Å². The van der Waals surface area contributed by atoms with E-state index in [2.05, 4.69) is 10.3 Å². The van der Waals surface area contributed by atoms with E-state index in [1.807, 2.05) is 62.9 Å². The zero-order valence-electron chi connectivity index (χ0n) is 17.1. The van der Waals surface area contributed by atoms with Gasteiger partial charge in [-0.1, -0.05) is 37.3 Å². The van der Waals surface area contributed by atoms with Crippen LogP contribution in [0, 0.1) is 18.8 Å². The highest BCUT2D eigenvalue weighted by Gasteiger charge is 2.31. The highest BCUT2D eigenvalue weighted by atomic mass is 32.1. The number of hydrogen-bond donors (Lipinski definition) is 1. The standard InChI is InChI=1S/C22H29N3O2S/c1-14(2)23-20(26)15(3)17-10-12-25(13-11-17)22(27)19-16(4)24-21(28-19)18-8-6-5-7-9-18/h5-9,14-15,17H,10-13H2,1-4H3,(H,23,26). The van der Waals surface area contributed by atoms with Gasteiger partial charge >= 0.3 is 0 Å². The van der Waals surface area contributed by atoms with Crippen LogP contribution in [0.4, 0.5) is 0 Å². The highest BCUT2D eigenvalue weighted by molar-refractivity contribution is 7.17. The number of amides is 2. The van der Waals surface area contributed by atoms with E-state index in [9.17, 15) is 9.59 Å². The average Bonchev–Trinajstić information content (AvgIpc) is 3.09. The molecule has 28 heavy (non-hydrogen) atoms. The molecule has 1 aliphatic heterocycles. The van der Waals surface area contributed by atoms with Gasteiger partial charge in [0.1, 0.15) is 9.88 Å². The van der Waals surface area contributed by atoms with Crippen LogP contribution in [-0.4, -0.2) is 40.8 Å². The first kappa shape index (κ1) is 20.5. The van der Waals surface area contributed by atoms with Crippen molar-refractivity contribution in [1.82, 2.24) is 15.2 Å². The first-order chi connectivity index (χ1) is 13.4. The molecule has 0 radical (unpaired) electrons. The number of hydrogen-bond acceptors (Lipinski definition) is 4. The van der Waals surface area contributed by atoms with Crippen LogP contribution in [0.2, 0.25) is 0 Å². The minimum Gasteiger partial charge on any atom is -0.354 e. The zero-order valence-corrected chi connectivity index (χ0v) is 17.9. The van der Waals surface area contributed by atoms with Crippen molar-refractivity contribution in [3.63, 3.8) is 0 Å². The van der Waals surface area contributed by atoms with Crippen LogP contribution >= 0.6 is 11.3 Å². The molecular formula is C22H29N3O2S. The Morgan fingerprint density at radius 3 is 2.39 bits per heavy atom. The van der Waals surface area contributed by atoms with E-state index in [0.717, 1.165) is 34.0 Å². The summed E-state index contributed by atoms with van der Waals surface area (Å²) >= 11 is 1.47. The minimum atomic E-state index is -0.0190. The average molecular weight is 400 g/mol. The molecule has 0 saturated carbocycles. The molecule has 3 rings (SSSR count). The fraction of sp³-hybridized carbons (Fsp3) is 0.500. The number of carbonyl (C=O) groups excluding carboxylic acids is 2. The van der Waals surface area contributed by atoms with Crippen LogP contribution in [0.15, 0.2) is 30.3 Å². The molecule has 0 aliphatic carbocycles. The first-order valence-corrected chi connectivity index (χ1v) is 10.8. The summed E-state index contributed by atoms with van der Waals surface area (Å²) in [7, 11) is 0. The number of likely N-dealkylation sites (tertiary alicyclic amines) is 1. The molecule has 1 aliphatic rings. The van der Waals surface area contributed by atoms with Crippen molar-refractivity contribution in [2.45, 2.75) is 46.6 Å². The van der Waals surface area contributed by atoms with Crippen molar-refractivity contribution in [3.8, 4) is 10.6 Å². The molecule has 1 unspecified atom stereocenters. The van der Waals surface area contributed by atoms with Gasteiger partial charge in [-0.3, -0.25) is 9.59 Å². The summed E-state index contributed by atoms with van der Waals surface area (Å²) < 4.78 is 0. The molecule has 150 valence electrons. The predicted octanol–water partition coefficient (Wildman–Crippen LogP) is 4.13. The van der Waals surface area contributed by atoms with E-state index in [4.69, 9.17) is 0 Å². The molecular weight excluding hydrogens is 370 g/mol. The van der Waals surface area contributed by atoms with Crippen molar-refractivity contribution in [2.75, 3.05) is 13.1 Å². The zero-order chi connectivity index (χ0) is 20.3. The third-order valence-corrected chi connectivity index (χ3v) is 6.58. The van der Waals surface area contributed by atoms with E-state index in [-0.39, 0.29) is 23.8 Å². The molecule has 1 fully saturated rings. The van der Waals surface area contributed by atoms with Crippen molar-refractivity contribution < 1.29 is 9.59 Å². The van der Waals surface area contributed by atoms with Gasteiger partial charge in [-0.25, -0.2) is 4.98 Å². The summed E-state index contributed by atoms with van der Waals surface area (Å²) in [5, 5.41) is 3.88. The lowest BCUT2D eigenvalue weighted by Crippen LogP contribution is -2.43. The van der Waals surface area contributed by atoms with Gasteiger partial charge in [0.05, 0.1) is 5.69 Å². The van der Waals surface area contributed by atoms with Gasteiger partial charge in [0.2, 0.25) is 5.91 Å². The predicted molar refractivity (Wildman–Crippen MR) is 113 cm³/mol. The molecule has 0 spiro atoms. The Morgan fingerprint density at radius 1 is 1.14 bits per heavy atom. The minimum absolute atomic E-state index is 0.0190. The SMILES string of the molecule is Cc1nc(-c2ccccc2)sc1C(=O)N1CCC(C(C)C(=O)NC(C)C)CC1. The molecule has 2 aromatic rings. The number of aryl methyl sites for hydroxylation is 1. The van der Waals surface area contributed by atoms with Gasteiger partial charge in [0.15, 0.2) is 0 Å². The third-order valence-electron chi connectivity index (χ3n) is 5.39. The maximum atomic E-state index is 13.0. The van der Waals surface area contributed by atoms with Crippen LogP contribution in [0.3, 0.4) is 0 Å². The molecule has 1 atom stereocenters. The Bertz CT molecular complexity index is 824. The van der Waals surface area contributed by atoms with E-state index >= 15 is 0 Å². The number of rotatable bonds is 5. The van der Waals surface area contributed by atoms with Gasteiger partial charge in [0.25, 0.3) is 5.91 Å². The molecule has 0 bridgehead atoms. The lowest BCUT2D eigenvalue weighted by atomic mass is 9.84. The summed E-state index contributed by atoms with van der Waals surface area (Å²) in [6, 6.07) is 10.1. The Labute approximate surface area is 171 Å². The summed E-state index contributed by atoms with van der Waals surface area (Å²) in [6.07, 6.45) is 1.73. The van der Waals surface area contributed by atoms with Crippen LogP contribution in [0.1, 0.15) is 49.0 Å². The number of nitrogens with zero attached hydrogens (tertiary/aromatic N) is 2. The Balaban J connectivity index is 1.63. The topological polar surface area (TPSA) is 62.3 Å². The molecule has 1 saturated heterocycles. The molecule has 1 aromatic carbocycles. The monoisotopic (exact) mass is 399 g/mol. The second-order valence-electron chi connectivity index (χ2n) is 7.88. The van der Waals surface area contributed by atoms with Crippen LogP contribution in [-0.2, 0) is 4.79 Å². The van der Waals surface area contributed by atoms with Crippen LogP contribution in [0.5, 0.6) is 0 Å². The maximum absolute atomic E-state index is 13.0. The largest absolute Gasteiger partial charge is 0.354 e. The smallest absolute Gasteiger partial charge is 0.265 e. The molecule has 1 N–H and O–H groups in total. The van der Waals surface area contributed by atoms with E-state index in [1.54, 1.807) is 0 Å². The Morgan fingerprint density at radius 2 is 1.79 bits per heavy atom. The fourth-order valence-corrected chi connectivity index (χ4v) is 4.71. The van der Waals surface area contributed by atoms with Crippen molar-refractivity contribution in [2.24, 2.45) is 11.8 Å². The summed E-state index contributed by atoms with van der Waals surface area (Å²) in [5.74, 6) is 0.486. The van der Waals surface area contributed by atoms with Gasteiger partial charge in [-0.05, 0) is 39.5 Å². The van der Waals surface area contributed by atoms with Gasteiger partial charge in [-0.2, -0.15) is 0 Å². The summed E-state index contributed by atoms with van der Waals surface area (Å²) in [4.78, 5) is 32.6. The molecule has 2 amide bonds. The normalized spacial score (nSPS) is 16.2. The second-order valence-corrected chi connectivity index (χ2v) is 8.88.